The predicted octanol–water partition coefficient (Wildman–Crippen LogP) is 0.593. The van der Waals surface area contributed by atoms with Crippen molar-refractivity contribution in [1.29, 1.82) is 0 Å². The van der Waals surface area contributed by atoms with Crippen LogP contribution in [0.15, 0.2) is 12.2 Å². The Balaban J connectivity index is 3.72. The van der Waals surface area contributed by atoms with Gasteiger partial charge in [-0.1, -0.05) is 12.2 Å². The van der Waals surface area contributed by atoms with Crippen LogP contribution in [0.5, 0.6) is 0 Å². The molecule has 0 atom stereocenters. The van der Waals surface area contributed by atoms with Crippen molar-refractivity contribution in [2.45, 2.75) is 6.92 Å². The molecule has 0 saturated heterocycles. The lowest BCUT2D eigenvalue weighted by Gasteiger charge is -2.13. The van der Waals surface area contributed by atoms with Gasteiger partial charge < -0.3 is 5.32 Å². The van der Waals surface area contributed by atoms with E-state index in [2.05, 4.69) is 11.9 Å². The van der Waals surface area contributed by atoms with E-state index in [0.29, 0.717) is 5.06 Å². The third-order valence-electron chi connectivity index (χ3n) is 0.868. The second kappa shape index (κ2) is 3.90. The number of carbonyl (C=O) groups is 1. The molecule has 0 aromatic carbocycles. The molecule has 0 aliphatic rings. The average molecular weight is 144 g/mol. The molecule has 0 fully saturated rings. The number of hydroxylamine groups is 2. The molecule has 0 radical (unpaired) electrons. The summed E-state index contributed by atoms with van der Waals surface area (Å²) < 4.78 is 0. The molecule has 4 heteroatoms. The molecule has 58 valence electrons. The van der Waals surface area contributed by atoms with Crippen LogP contribution >= 0.6 is 0 Å². The van der Waals surface area contributed by atoms with Crippen LogP contribution in [0.2, 0.25) is 0 Å². The fraction of sp³-hybridized carbons (Fsp3) is 0.500. The molecule has 0 spiro atoms. The Hall–Kier alpha value is -1.03. The van der Waals surface area contributed by atoms with Crippen molar-refractivity contribution in [3.63, 3.8) is 0 Å². The van der Waals surface area contributed by atoms with Gasteiger partial charge in [0.2, 0.25) is 0 Å². The molecule has 4 nitrogen and oxygen atoms in total. The number of carbonyl (C=O) groups excluding carboxylic acids is 1. The van der Waals surface area contributed by atoms with Crippen LogP contribution in [-0.4, -0.2) is 29.9 Å². The van der Waals surface area contributed by atoms with Crippen LogP contribution in [-0.2, 0) is 0 Å². The van der Waals surface area contributed by atoms with Crippen molar-refractivity contribution in [1.82, 2.24) is 10.4 Å². The summed E-state index contributed by atoms with van der Waals surface area (Å²) >= 11 is 0. The van der Waals surface area contributed by atoms with E-state index in [9.17, 15) is 4.79 Å². The lowest BCUT2D eigenvalue weighted by molar-refractivity contribution is -0.0340. The van der Waals surface area contributed by atoms with Crippen LogP contribution in [0.3, 0.4) is 0 Å². The minimum Gasteiger partial charge on any atom is -0.339 e. The van der Waals surface area contributed by atoms with E-state index in [1.54, 1.807) is 6.92 Å². The van der Waals surface area contributed by atoms with Crippen molar-refractivity contribution in [3.8, 4) is 0 Å². The van der Waals surface area contributed by atoms with E-state index in [0.717, 1.165) is 5.57 Å². The Morgan fingerprint density at radius 3 is 2.60 bits per heavy atom. The second-order valence-electron chi connectivity index (χ2n) is 2.07. The summed E-state index contributed by atoms with van der Waals surface area (Å²) in [6, 6.07) is -0.525. The maximum absolute atomic E-state index is 10.6. The Morgan fingerprint density at radius 1 is 1.80 bits per heavy atom. The lowest BCUT2D eigenvalue weighted by Crippen LogP contribution is -2.36. The van der Waals surface area contributed by atoms with E-state index in [4.69, 9.17) is 5.21 Å². The molecule has 0 aliphatic heterocycles. The van der Waals surface area contributed by atoms with Gasteiger partial charge in [0.15, 0.2) is 0 Å². The molecule has 0 unspecified atom stereocenters. The van der Waals surface area contributed by atoms with Crippen molar-refractivity contribution in [2.75, 3.05) is 13.6 Å². The van der Waals surface area contributed by atoms with Gasteiger partial charge in [-0.25, -0.2) is 9.86 Å². The Kier molecular flexibility index (Phi) is 3.49. The van der Waals surface area contributed by atoms with Crippen molar-refractivity contribution >= 4 is 6.03 Å². The van der Waals surface area contributed by atoms with Gasteiger partial charge in [0, 0.05) is 7.05 Å². The van der Waals surface area contributed by atoms with E-state index < -0.39 is 6.03 Å². The first-order chi connectivity index (χ1) is 4.57. The molecule has 10 heavy (non-hydrogen) atoms. The Morgan fingerprint density at radius 2 is 2.30 bits per heavy atom. The molecular weight excluding hydrogens is 132 g/mol. The summed E-state index contributed by atoms with van der Waals surface area (Å²) in [4.78, 5) is 10.6. The second-order valence-corrected chi connectivity index (χ2v) is 2.07. The Labute approximate surface area is 60.1 Å². The normalized spacial score (nSPS) is 8.70. The minimum atomic E-state index is -0.525. The van der Waals surface area contributed by atoms with Gasteiger partial charge in [-0.05, 0) is 6.92 Å². The van der Waals surface area contributed by atoms with Crippen molar-refractivity contribution in [2.24, 2.45) is 0 Å². The van der Waals surface area contributed by atoms with Crippen LogP contribution in [0.25, 0.3) is 0 Å². The molecule has 0 rings (SSSR count). The summed E-state index contributed by atoms with van der Waals surface area (Å²) in [7, 11) is 1.45. The number of nitrogens with one attached hydrogen (secondary N) is 1. The molecule has 2 N–H and O–H groups in total. The third kappa shape index (κ3) is 3.09. The summed E-state index contributed by atoms with van der Waals surface area (Å²) in [5, 5.41) is 11.7. The molecular formula is C6H12N2O2. The number of amides is 2. The number of rotatable bonds is 2. The number of hydrogen-bond acceptors (Lipinski definition) is 2. The van der Waals surface area contributed by atoms with E-state index >= 15 is 0 Å². The van der Waals surface area contributed by atoms with Crippen LogP contribution < -0.4 is 5.32 Å². The number of nitrogens with zero attached hydrogens (tertiary/aromatic N) is 1. The first-order valence-corrected chi connectivity index (χ1v) is 2.90. The van der Waals surface area contributed by atoms with Crippen LogP contribution in [0.4, 0.5) is 4.79 Å². The smallest absolute Gasteiger partial charge is 0.339 e. The number of hydrogen-bond donors (Lipinski definition) is 2. The average Bonchev–Trinajstić information content (AvgIpc) is 1.85. The first-order valence-electron chi connectivity index (χ1n) is 2.90. The van der Waals surface area contributed by atoms with Gasteiger partial charge in [-0.3, -0.25) is 5.21 Å². The summed E-state index contributed by atoms with van der Waals surface area (Å²) in [6.07, 6.45) is 0. The highest BCUT2D eigenvalue weighted by Crippen LogP contribution is 1.90. The van der Waals surface area contributed by atoms with Gasteiger partial charge in [0.25, 0.3) is 0 Å². The Bertz CT molecular complexity index is 145. The van der Waals surface area contributed by atoms with Crippen LogP contribution in [0.1, 0.15) is 6.92 Å². The van der Waals surface area contributed by atoms with Crippen LogP contribution in [0, 0.1) is 0 Å². The molecule has 0 aromatic rings. The maximum atomic E-state index is 10.6. The van der Waals surface area contributed by atoms with E-state index in [1.165, 1.54) is 7.05 Å². The van der Waals surface area contributed by atoms with E-state index in [-0.39, 0.29) is 6.54 Å². The molecule has 0 aliphatic carbocycles. The fourth-order valence-electron chi connectivity index (χ4n) is 0.457. The minimum absolute atomic E-state index is 0.166. The van der Waals surface area contributed by atoms with E-state index in [1.807, 2.05) is 0 Å². The predicted molar refractivity (Wildman–Crippen MR) is 37.8 cm³/mol. The zero-order chi connectivity index (χ0) is 8.15. The summed E-state index contributed by atoms with van der Waals surface area (Å²) in [6.45, 7) is 5.42. The molecule has 0 bridgehead atoms. The van der Waals surface area contributed by atoms with Crippen molar-refractivity contribution < 1.29 is 10.0 Å². The highest BCUT2D eigenvalue weighted by Gasteiger charge is 2.06. The first kappa shape index (κ1) is 8.97. The summed E-state index contributed by atoms with van der Waals surface area (Å²) in [5.41, 5.74) is 0.728. The number of urea groups is 1. The monoisotopic (exact) mass is 144 g/mol. The largest absolute Gasteiger partial charge is 0.341 e. The maximum Gasteiger partial charge on any atom is 0.341 e. The molecule has 0 saturated carbocycles. The highest BCUT2D eigenvalue weighted by molar-refractivity contribution is 5.72. The van der Waals surface area contributed by atoms with Gasteiger partial charge in [0.05, 0.1) is 6.54 Å². The SMILES string of the molecule is C=C(C)CN(O)C(=O)NC. The van der Waals surface area contributed by atoms with Gasteiger partial charge in [0.1, 0.15) is 0 Å². The van der Waals surface area contributed by atoms with Gasteiger partial charge >= 0.3 is 6.03 Å². The zero-order valence-corrected chi connectivity index (χ0v) is 6.22. The summed E-state index contributed by atoms with van der Waals surface area (Å²) in [5.74, 6) is 0. The molecule has 2 amide bonds. The van der Waals surface area contributed by atoms with Gasteiger partial charge in [-0.15, -0.1) is 0 Å². The lowest BCUT2D eigenvalue weighted by atomic mass is 10.3. The quantitative estimate of drug-likeness (QED) is 0.338. The standard InChI is InChI=1S/C6H12N2O2/c1-5(2)4-8(10)6(9)7-3/h10H,1,4H2,2-3H3,(H,7,9). The topological polar surface area (TPSA) is 52.6 Å². The molecule has 0 aromatic heterocycles. The molecule has 0 heterocycles. The third-order valence-corrected chi connectivity index (χ3v) is 0.868. The van der Waals surface area contributed by atoms with Crippen molar-refractivity contribution in [3.05, 3.63) is 12.2 Å². The zero-order valence-electron chi connectivity index (χ0n) is 6.22. The van der Waals surface area contributed by atoms with Gasteiger partial charge in [-0.2, -0.15) is 0 Å². The fourth-order valence-corrected chi connectivity index (χ4v) is 0.457. The highest BCUT2D eigenvalue weighted by atomic mass is 16.5.